The van der Waals surface area contributed by atoms with Gasteiger partial charge in [-0.3, -0.25) is 0 Å². The van der Waals surface area contributed by atoms with Crippen LogP contribution in [0.5, 0.6) is 0 Å². The van der Waals surface area contributed by atoms with Crippen LogP contribution in [-0.2, 0) is 16.1 Å². The third kappa shape index (κ3) is 4.18. The van der Waals surface area contributed by atoms with Crippen molar-refractivity contribution in [1.29, 1.82) is 0 Å². The molecule has 2 rings (SSSR count). The van der Waals surface area contributed by atoms with Gasteiger partial charge in [-0.15, -0.1) is 11.3 Å². The molecule has 5 nitrogen and oxygen atoms in total. The average molecular weight is 298 g/mol. The molecule has 0 aromatic carbocycles. The summed E-state index contributed by atoms with van der Waals surface area (Å²) in [6.07, 6.45) is 0.551. The van der Waals surface area contributed by atoms with Crippen LogP contribution >= 0.6 is 11.3 Å². The zero-order valence-electron chi connectivity index (χ0n) is 12.5. The summed E-state index contributed by atoms with van der Waals surface area (Å²) in [6.45, 7) is 9.37. The number of amides is 1. The molecule has 1 saturated heterocycles. The molecule has 1 aromatic rings. The van der Waals surface area contributed by atoms with Gasteiger partial charge in [0.2, 0.25) is 0 Å². The van der Waals surface area contributed by atoms with Crippen LogP contribution in [0, 0.1) is 0 Å². The van der Waals surface area contributed by atoms with Crippen LogP contribution in [0.1, 0.15) is 39.8 Å². The third-order valence-corrected chi connectivity index (χ3v) is 3.77. The molecule has 20 heavy (non-hydrogen) atoms. The molecule has 112 valence electrons. The minimum atomic E-state index is -0.461. The van der Waals surface area contributed by atoms with E-state index in [1.54, 1.807) is 21.7 Å². The number of likely N-dealkylation sites (tertiary alicyclic amines) is 1. The molecule has 1 atom stereocenters. The molecule has 0 saturated carbocycles. The van der Waals surface area contributed by atoms with Crippen LogP contribution < -0.4 is 0 Å². The summed E-state index contributed by atoms with van der Waals surface area (Å²) in [6, 6.07) is 0. The molecule has 1 amide bonds. The number of hydrogen-bond donors (Lipinski definition) is 0. The van der Waals surface area contributed by atoms with Crippen molar-refractivity contribution >= 4 is 17.4 Å². The van der Waals surface area contributed by atoms with E-state index >= 15 is 0 Å². The Balaban J connectivity index is 1.85. The minimum Gasteiger partial charge on any atom is -0.444 e. The van der Waals surface area contributed by atoms with Crippen LogP contribution in [0.2, 0.25) is 0 Å². The zero-order chi connectivity index (χ0) is 14.8. The number of carbonyl (C=O) groups is 1. The Kier molecular flexibility index (Phi) is 4.34. The molecular weight excluding hydrogens is 276 g/mol. The molecule has 1 aliphatic rings. The Bertz CT molecular complexity index is 455. The Labute approximate surface area is 123 Å². The van der Waals surface area contributed by atoms with Crippen LogP contribution in [0.3, 0.4) is 0 Å². The molecule has 0 spiro atoms. The first-order chi connectivity index (χ1) is 9.27. The highest BCUT2D eigenvalue weighted by Crippen LogP contribution is 2.27. The Morgan fingerprint density at radius 1 is 1.55 bits per heavy atom. The lowest BCUT2D eigenvalue weighted by Gasteiger charge is -2.27. The molecule has 1 aliphatic heterocycles. The van der Waals surface area contributed by atoms with Crippen LogP contribution in [-0.4, -0.2) is 40.3 Å². The standard InChI is InChI=1S/C14H22N2O3S/c1-13(2,3)19-12(17)16-6-5-14(4,9-16)18-7-11-8-20-10-15-11/h8,10H,5-7,9H2,1-4H3. The lowest BCUT2D eigenvalue weighted by molar-refractivity contribution is -0.0385. The lowest BCUT2D eigenvalue weighted by Crippen LogP contribution is -2.39. The summed E-state index contributed by atoms with van der Waals surface area (Å²) in [5.41, 5.74) is 1.95. The van der Waals surface area contributed by atoms with E-state index < -0.39 is 5.60 Å². The predicted molar refractivity (Wildman–Crippen MR) is 77.7 cm³/mol. The van der Waals surface area contributed by atoms with Gasteiger partial charge in [-0.25, -0.2) is 9.78 Å². The molecule has 0 bridgehead atoms. The normalized spacial score (nSPS) is 23.1. The van der Waals surface area contributed by atoms with Crippen molar-refractivity contribution < 1.29 is 14.3 Å². The second kappa shape index (κ2) is 5.69. The quantitative estimate of drug-likeness (QED) is 0.860. The van der Waals surface area contributed by atoms with Crippen molar-refractivity contribution in [2.24, 2.45) is 0 Å². The smallest absolute Gasteiger partial charge is 0.410 e. The summed E-state index contributed by atoms with van der Waals surface area (Å²) in [4.78, 5) is 17.9. The monoisotopic (exact) mass is 298 g/mol. The van der Waals surface area contributed by atoms with E-state index in [9.17, 15) is 4.79 Å². The van der Waals surface area contributed by atoms with Gasteiger partial charge in [0.15, 0.2) is 0 Å². The van der Waals surface area contributed by atoms with Crippen molar-refractivity contribution in [1.82, 2.24) is 9.88 Å². The van der Waals surface area contributed by atoms with Gasteiger partial charge in [-0.1, -0.05) is 0 Å². The number of nitrogens with zero attached hydrogens (tertiary/aromatic N) is 2. The summed E-state index contributed by atoms with van der Waals surface area (Å²) in [7, 11) is 0. The maximum Gasteiger partial charge on any atom is 0.410 e. The zero-order valence-corrected chi connectivity index (χ0v) is 13.3. The van der Waals surface area contributed by atoms with Gasteiger partial charge in [-0.2, -0.15) is 0 Å². The minimum absolute atomic E-state index is 0.265. The predicted octanol–water partition coefficient (Wildman–Crippen LogP) is 3.06. The maximum atomic E-state index is 12.0. The maximum absolute atomic E-state index is 12.0. The van der Waals surface area contributed by atoms with E-state index in [4.69, 9.17) is 9.47 Å². The average Bonchev–Trinajstić information content (AvgIpc) is 2.94. The van der Waals surface area contributed by atoms with E-state index in [0.29, 0.717) is 19.7 Å². The number of carbonyl (C=O) groups excluding carboxylic acids is 1. The Morgan fingerprint density at radius 3 is 2.90 bits per heavy atom. The number of ether oxygens (including phenoxy) is 2. The van der Waals surface area contributed by atoms with Gasteiger partial charge in [0.1, 0.15) is 5.60 Å². The number of hydrogen-bond acceptors (Lipinski definition) is 5. The van der Waals surface area contributed by atoms with Crippen molar-refractivity contribution in [3.8, 4) is 0 Å². The van der Waals surface area contributed by atoms with Crippen LogP contribution in [0.25, 0.3) is 0 Å². The molecule has 0 radical (unpaired) electrons. The Morgan fingerprint density at radius 2 is 2.30 bits per heavy atom. The van der Waals surface area contributed by atoms with Crippen LogP contribution in [0.15, 0.2) is 10.9 Å². The topological polar surface area (TPSA) is 51.7 Å². The molecule has 6 heteroatoms. The van der Waals surface area contributed by atoms with Gasteiger partial charge in [0.25, 0.3) is 0 Å². The van der Waals surface area contributed by atoms with Gasteiger partial charge >= 0.3 is 6.09 Å². The summed E-state index contributed by atoms with van der Waals surface area (Å²) < 4.78 is 11.3. The van der Waals surface area contributed by atoms with E-state index in [1.807, 2.05) is 33.1 Å². The fourth-order valence-electron chi connectivity index (χ4n) is 2.09. The highest BCUT2D eigenvalue weighted by molar-refractivity contribution is 7.07. The van der Waals surface area contributed by atoms with E-state index in [-0.39, 0.29) is 11.7 Å². The van der Waals surface area contributed by atoms with E-state index in [0.717, 1.165) is 12.1 Å². The Hall–Kier alpha value is -1.14. The van der Waals surface area contributed by atoms with E-state index in [1.165, 1.54) is 0 Å². The highest BCUT2D eigenvalue weighted by Gasteiger charge is 2.38. The van der Waals surface area contributed by atoms with Crippen molar-refractivity contribution in [2.75, 3.05) is 13.1 Å². The third-order valence-electron chi connectivity index (χ3n) is 3.14. The molecule has 1 aromatic heterocycles. The lowest BCUT2D eigenvalue weighted by atomic mass is 10.1. The second-order valence-electron chi connectivity index (χ2n) is 6.37. The van der Waals surface area contributed by atoms with E-state index in [2.05, 4.69) is 4.98 Å². The molecule has 1 unspecified atom stereocenters. The molecule has 2 heterocycles. The van der Waals surface area contributed by atoms with Crippen molar-refractivity contribution in [3.05, 3.63) is 16.6 Å². The van der Waals surface area contributed by atoms with Crippen LogP contribution in [0.4, 0.5) is 4.79 Å². The summed E-state index contributed by atoms with van der Waals surface area (Å²) in [5.74, 6) is 0. The van der Waals surface area contributed by atoms with Crippen molar-refractivity contribution in [2.45, 2.75) is 51.9 Å². The molecule has 0 aliphatic carbocycles. The SMILES string of the molecule is CC(C)(C)OC(=O)N1CCC(C)(OCc2cscn2)C1. The largest absolute Gasteiger partial charge is 0.444 e. The fourth-order valence-corrected chi connectivity index (χ4v) is 2.63. The first-order valence-corrected chi connectivity index (χ1v) is 7.71. The molecule has 1 fully saturated rings. The van der Waals surface area contributed by atoms with Gasteiger partial charge in [0.05, 0.1) is 30.0 Å². The summed E-state index contributed by atoms with van der Waals surface area (Å²) in [5, 5.41) is 1.98. The second-order valence-corrected chi connectivity index (χ2v) is 7.09. The number of thiazole rings is 1. The number of aromatic nitrogens is 1. The fraction of sp³-hybridized carbons (Fsp3) is 0.714. The van der Waals surface area contributed by atoms with Gasteiger partial charge < -0.3 is 14.4 Å². The highest BCUT2D eigenvalue weighted by atomic mass is 32.1. The first kappa shape index (κ1) is 15.3. The van der Waals surface area contributed by atoms with Gasteiger partial charge in [0, 0.05) is 11.9 Å². The van der Waals surface area contributed by atoms with Gasteiger partial charge in [-0.05, 0) is 34.1 Å². The first-order valence-electron chi connectivity index (χ1n) is 6.76. The summed E-state index contributed by atoms with van der Waals surface area (Å²) >= 11 is 1.56. The molecule has 0 N–H and O–H groups in total. The number of rotatable bonds is 3. The molecular formula is C14H22N2O3S. The van der Waals surface area contributed by atoms with Crippen molar-refractivity contribution in [3.63, 3.8) is 0 Å².